The Morgan fingerprint density at radius 3 is 2.70 bits per heavy atom. The number of fused-ring (bicyclic) bond motifs is 1. The molecule has 0 saturated carbocycles. The van der Waals surface area contributed by atoms with E-state index < -0.39 is 0 Å². The molecule has 1 atom stereocenters. The van der Waals surface area contributed by atoms with Crippen molar-refractivity contribution in [1.29, 1.82) is 0 Å². The number of amides is 1. The molecule has 1 unspecified atom stereocenters. The summed E-state index contributed by atoms with van der Waals surface area (Å²) in [6.07, 6.45) is 3.94. The Labute approximate surface area is 179 Å². The van der Waals surface area contributed by atoms with Gasteiger partial charge >= 0.3 is 0 Å². The molecule has 1 saturated heterocycles. The topological polar surface area (TPSA) is 34.5 Å². The van der Waals surface area contributed by atoms with Gasteiger partial charge in [0.2, 0.25) is 5.91 Å². The largest absolute Gasteiger partial charge is 0.497 e. The van der Waals surface area contributed by atoms with E-state index in [1.165, 1.54) is 22.0 Å². The number of methoxy groups -OCH3 is 1. The summed E-state index contributed by atoms with van der Waals surface area (Å²) in [7, 11) is 1.70. The number of nitrogens with zero attached hydrogens (tertiary/aromatic N) is 2. The van der Waals surface area contributed by atoms with Crippen LogP contribution in [0.3, 0.4) is 0 Å². The Kier molecular flexibility index (Phi) is 5.59. The zero-order valence-corrected chi connectivity index (χ0v) is 18.5. The fourth-order valence-corrected chi connectivity index (χ4v) is 4.50. The molecule has 0 bridgehead atoms. The lowest BCUT2D eigenvalue weighted by Gasteiger charge is -2.23. The third-order valence-electron chi connectivity index (χ3n) is 5.97. The van der Waals surface area contributed by atoms with Gasteiger partial charge in [-0.1, -0.05) is 51.1 Å². The monoisotopic (exact) mass is 404 g/mol. The van der Waals surface area contributed by atoms with Crippen LogP contribution in [0.4, 0.5) is 0 Å². The number of para-hydroxylation sites is 1. The smallest absolute Gasteiger partial charge is 0.223 e. The molecule has 1 aliphatic heterocycles. The molecule has 4 heteroatoms. The highest BCUT2D eigenvalue weighted by Gasteiger charge is 2.31. The number of benzene rings is 2. The predicted octanol–water partition coefficient (Wildman–Crippen LogP) is 5.45. The first kappa shape index (κ1) is 20.5. The van der Waals surface area contributed by atoms with E-state index in [0.29, 0.717) is 12.3 Å². The summed E-state index contributed by atoms with van der Waals surface area (Å²) in [5, 5.41) is 1.30. The number of hydrogen-bond donors (Lipinski definition) is 0. The first-order valence-electron chi connectivity index (χ1n) is 10.8. The summed E-state index contributed by atoms with van der Waals surface area (Å²) < 4.78 is 7.72. The number of carbonyl (C=O) groups is 1. The first-order chi connectivity index (χ1) is 14.3. The van der Waals surface area contributed by atoms with Crippen LogP contribution in [0.15, 0.2) is 54.7 Å². The van der Waals surface area contributed by atoms with E-state index in [4.69, 9.17) is 4.74 Å². The minimum atomic E-state index is 0.0297. The molecule has 158 valence electrons. The van der Waals surface area contributed by atoms with Gasteiger partial charge in [-0.2, -0.15) is 0 Å². The van der Waals surface area contributed by atoms with Crippen LogP contribution in [0.5, 0.6) is 5.75 Å². The van der Waals surface area contributed by atoms with Crippen LogP contribution in [-0.4, -0.2) is 35.6 Å². The fourth-order valence-electron chi connectivity index (χ4n) is 4.50. The van der Waals surface area contributed by atoms with Crippen molar-refractivity contribution in [1.82, 2.24) is 9.47 Å². The van der Waals surface area contributed by atoms with Crippen molar-refractivity contribution >= 4 is 16.8 Å². The molecule has 1 amide bonds. The van der Waals surface area contributed by atoms with E-state index in [9.17, 15) is 4.79 Å². The van der Waals surface area contributed by atoms with Gasteiger partial charge in [0.05, 0.1) is 7.11 Å². The quantitative estimate of drug-likeness (QED) is 0.567. The van der Waals surface area contributed by atoms with E-state index in [-0.39, 0.29) is 11.3 Å². The van der Waals surface area contributed by atoms with E-state index >= 15 is 0 Å². The molecule has 2 heterocycles. The van der Waals surface area contributed by atoms with Crippen molar-refractivity contribution in [3.63, 3.8) is 0 Å². The van der Waals surface area contributed by atoms with Crippen molar-refractivity contribution < 1.29 is 9.53 Å². The molecule has 4 nitrogen and oxygen atoms in total. The highest BCUT2D eigenvalue weighted by atomic mass is 16.5. The zero-order chi connectivity index (χ0) is 21.3. The summed E-state index contributed by atoms with van der Waals surface area (Å²) >= 11 is 0. The van der Waals surface area contributed by atoms with Crippen LogP contribution in [0.1, 0.15) is 50.7 Å². The number of hydrogen-bond acceptors (Lipinski definition) is 2. The average Bonchev–Trinajstić information content (AvgIpc) is 3.32. The molecule has 0 spiro atoms. The van der Waals surface area contributed by atoms with Gasteiger partial charge in [-0.05, 0) is 41.2 Å². The van der Waals surface area contributed by atoms with Crippen LogP contribution in [0.2, 0.25) is 0 Å². The molecule has 2 aromatic carbocycles. The van der Waals surface area contributed by atoms with Crippen molar-refractivity contribution in [2.24, 2.45) is 5.41 Å². The number of ether oxygens (including phenoxy) is 1. The fraction of sp³-hybridized carbons (Fsp3) is 0.423. The third kappa shape index (κ3) is 4.38. The molecule has 0 N–H and O–H groups in total. The highest BCUT2D eigenvalue weighted by Crippen LogP contribution is 2.35. The van der Waals surface area contributed by atoms with E-state index in [2.05, 4.69) is 72.8 Å². The number of rotatable bonds is 5. The third-order valence-corrected chi connectivity index (χ3v) is 5.97. The maximum absolute atomic E-state index is 12.7. The van der Waals surface area contributed by atoms with Crippen LogP contribution in [-0.2, 0) is 11.3 Å². The Morgan fingerprint density at radius 2 is 1.93 bits per heavy atom. The van der Waals surface area contributed by atoms with Crippen molar-refractivity contribution in [3.05, 3.63) is 65.9 Å². The van der Waals surface area contributed by atoms with Gasteiger partial charge in [-0.15, -0.1) is 0 Å². The average molecular weight is 405 g/mol. The van der Waals surface area contributed by atoms with Crippen LogP contribution in [0.25, 0.3) is 10.9 Å². The minimum Gasteiger partial charge on any atom is -0.497 e. The normalized spacial score (nSPS) is 16.9. The molecular weight excluding hydrogens is 372 g/mol. The SMILES string of the molecule is COc1cccc(Cn2cc(C3CCN(C(=O)CC(C)(C)C)C3)c3ccccc32)c1. The number of aromatic nitrogens is 1. The van der Waals surface area contributed by atoms with Crippen LogP contribution >= 0.6 is 0 Å². The van der Waals surface area contributed by atoms with Gasteiger partial charge in [0.25, 0.3) is 0 Å². The standard InChI is InChI=1S/C26H32N2O2/c1-26(2,3)15-25(29)27-13-12-20(17-27)23-18-28(24-11-6-5-10-22(23)24)16-19-8-7-9-21(14-19)30-4/h5-11,14,18,20H,12-13,15-17H2,1-4H3. The molecule has 1 fully saturated rings. The maximum Gasteiger partial charge on any atom is 0.223 e. The van der Waals surface area contributed by atoms with Gasteiger partial charge in [-0.3, -0.25) is 4.79 Å². The summed E-state index contributed by atoms with van der Waals surface area (Å²) in [4.78, 5) is 14.8. The number of carbonyl (C=O) groups excluding carboxylic acids is 1. The van der Waals surface area contributed by atoms with Crippen molar-refractivity contribution in [2.45, 2.75) is 46.1 Å². The summed E-state index contributed by atoms with van der Waals surface area (Å²) in [6, 6.07) is 16.9. The number of likely N-dealkylation sites (tertiary alicyclic amines) is 1. The molecular formula is C26H32N2O2. The van der Waals surface area contributed by atoms with E-state index in [0.717, 1.165) is 31.8 Å². The second kappa shape index (κ2) is 8.17. The molecule has 4 rings (SSSR count). The summed E-state index contributed by atoms with van der Waals surface area (Å²) in [5.41, 5.74) is 3.85. The van der Waals surface area contributed by atoms with E-state index in [1.54, 1.807) is 7.11 Å². The predicted molar refractivity (Wildman–Crippen MR) is 122 cm³/mol. The lowest BCUT2D eigenvalue weighted by atomic mass is 9.91. The molecule has 0 aliphatic carbocycles. The molecule has 30 heavy (non-hydrogen) atoms. The van der Waals surface area contributed by atoms with Gasteiger partial charge < -0.3 is 14.2 Å². The Balaban J connectivity index is 1.59. The minimum absolute atomic E-state index is 0.0297. The second-order valence-electron chi connectivity index (χ2n) is 9.64. The lowest BCUT2D eigenvalue weighted by molar-refractivity contribution is -0.132. The lowest BCUT2D eigenvalue weighted by Crippen LogP contribution is -2.31. The van der Waals surface area contributed by atoms with Crippen molar-refractivity contribution in [3.8, 4) is 5.75 Å². The molecule has 1 aliphatic rings. The Bertz CT molecular complexity index is 1040. The van der Waals surface area contributed by atoms with Crippen molar-refractivity contribution in [2.75, 3.05) is 20.2 Å². The van der Waals surface area contributed by atoms with Crippen LogP contribution in [0, 0.1) is 5.41 Å². The summed E-state index contributed by atoms with van der Waals surface area (Å²) in [5.74, 6) is 1.56. The maximum atomic E-state index is 12.7. The van der Waals surface area contributed by atoms with Gasteiger partial charge in [0, 0.05) is 49.1 Å². The zero-order valence-electron chi connectivity index (χ0n) is 18.5. The second-order valence-corrected chi connectivity index (χ2v) is 9.64. The highest BCUT2D eigenvalue weighted by molar-refractivity contribution is 5.85. The van der Waals surface area contributed by atoms with Crippen LogP contribution < -0.4 is 4.74 Å². The summed E-state index contributed by atoms with van der Waals surface area (Å²) in [6.45, 7) is 8.87. The van der Waals surface area contributed by atoms with E-state index in [1.807, 2.05) is 12.1 Å². The van der Waals surface area contributed by atoms with Gasteiger partial charge in [-0.25, -0.2) is 0 Å². The molecule has 0 radical (unpaired) electrons. The molecule has 3 aromatic rings. The Hall–Kier alpha value is -2.75. The van der Waals surface area contributed by atoms with Gasteiger partial charge in [0.15, 0.2) is 0 Å². The Morgan fingerprint density at radius 1 is 1.13 bits per heavy atom. The first-order valence-corrected chi connectivity index (χ1v) is 10.8. The molecule has 1 aromatic heterocycles. The van der Waals surface area contributed by atoms with Gasteiger partial charge in [0.1, 0.15) is 5.75 Å².